The molecule has 0 aliphatic rings. The van der Waals surface area contributed by atoms with Crippen LogP contribution in [0.1, 0.15) is 12.5 Å². The van der Waals surface area contributed by atoms with Crippen molar-refractivity contribution in [2.75, 3.05) is 12.4 Å². The van der Waals surface area contributed by atoms with E-state index in [1.54, 1.807) is 6.07 Å². The number of esters is 1. The van der Waals surface area contributed by atoms with Crippen molar-refractivity contribution in [1.82, 2.24) is 0 Å². The van der Waals surface area contributed by atoms with Gasteiger partial charge in [0, 0.05) is 12.1 Å². The molecule has 0 bridgehead atoms. The Hall–Kier alpha value is -3.14. The van der Waals surface area contributed by atoms with Gasteiger partial charge in [-0.25, -0.2) is 0 Å². The standard InChI is InChI=1S/C9H9NO4.C8H10AsNO5/c1-14-9(11)6-7-3-2-4-8(5-7)10(12)13;1-5(11)10-6-2-3-7(8(12)4-6)9(13,14)15/h2-5H,6H2,1H3;2-4,12H,1H3,(H,10,11)(H2,13,14,15). The fraction of sp³-hybridized carbons (Fsp3) is 0.176. The van der Waals surface area contributed by atoms with E-state index in [-0.39, 0.29) is 23.7 Å². The van der Waals surface area contributed by atoms with E-state index in [1.165, 1.54) is 38.3 Å². The first-order valence-electron chi connectivity index (χ1n) is 7.91. The number of benzene rings is 2. The first kappa shape index (κ1) is 23.9. The first-order valence-corrected chi connectivity index (χ1v) is 11.3. The number of ether oxygens (including phenoxy) is 1. The number of non-ortho nitro benzene ring substituents is 1. The van der Waals surface area contributed by atoms with Crippen LogP contribution in [0.15, 0.2) is 42.5 Å². The number of nitro groups is 1. The Morgan fingerprint density at radius 1 is 1.21 bits per heavy atom. The van der Waals surface area contributed by atoms with E-state index in [0.29, 0.717) is 5.56 Å². The summed E-state index contributed by atoms with van der Waals surface area (Å²) in [4.78, 5) is 31.4. The zero-order valence-electron chi connectivity index (χ0n) is 15.4. The molecule has 0 fully saturated rings. The monoisotopic (exact) mass is 470 g/mol. The Bertz CT molecular complexity index is 956. The summed E-state index contributed by atoms with van der Waals surface area (Å²) < 4.78 is 32.7. The predicted octanol–water partition coefficient (Wildman–Crippen LogP) is 0.222. The number of amides is 1. The number of nitro benzene ring substituents is 1. The van der Waals surface area contributed by atoms with E-state index in [9.17, 15) is 28.5 Å². The number of carbonyl (C=O) groups is 2. The largest absolute Gasteiger partial charge is 0.469 e. The Morgan fingerprint density at radius 2 is 1.86 bits per heavy atom. The van der Waals surface area contributed by atoms with Crippen molar-refractivity contribution in [3.63, 3.8) is 0 Å². The smallest absolute Gasteiger partial charge is 0.309 e. The normalized spacial score (nSPS) is 10.3. The Morgan fingerprint density at radius 3 is 2.34 bits per heavy atom. The predicted molar refractivity (Wildman–Crippen MR) is 102 cm³/mol. The average Bonchev–Trinajstić information content (AvgIpc) is 2.60. The minimum absolute atomic E-state index is 0.0218. The van der Waals surface area contributed by atoms with Crippen LogP contribution in [0, 0.1) is 10.1 Å². The van der Waals surface area contributed by atoms with Gasteiger partial charge in [-0.1, -0.05) is 12.1 Å². The van der Waals surface area contributed by atoms with Crippen molar-refractivity contribution < 1.29 is 36.3 Å². The molecule has 0 unspecified atom stereocenters. The van der Waals surface area contributed by atoms with Gasteiger partial charge >= 0.3 is 94.1 Å². The van der Waals surface area contributed by atoms with Crippen LogP contribution in [0.25, 0.3) is 0 Å². The number of phenolic OH excluding ortho intramolecular Hbond substituents is 1. The van der Waals surface area contributed by atoms with Gasteiger partial charge in [-0.3, -0.25) is 14.9 Å². The molecule has 1 amide bonds. The third-order valence-electron chi connectivity index (χ3n) is 3.31. The van der Waals surface area contributed by atoms with Crippen molar-refractivity contribution in [3.8, 4) is 5.75 Å². The number of hydrogen-bond donors (Lipinski definition) is 4. The van der Waals surface area contributed by atoms with Crippen molar-refractivity contribution in [1.29, 1.82) is 0 Å². The van der Waals surface area contributed by atoms with E-state index in [2.05, 4.69) is 10.1 Å². The van der Waals surface area contributed by atoms with Gasteiger partial charge in [0.2, 0.25) is 0 Å². The van der Waals surface area contributed by atoms with Gasteiger partial charge in [0.15, 0.2) is 0 Å². The van der Waals surface area contributed by atoms with E-state index in [1.807, 2.05) is 0 Å². The number of methoxy groups -OCH3 is 1. The number of nitrogens with zero attached hydrogens (tertiary/aromatic N) is 1. The van der Waals surface area contributed by atoms with Crippen molar-refractivity contribution in [3.05, 3.63) is 58.1 Å². The van der Waals surface area contributed by atoms with Gasteiger partial charge in [-0.15, -0.1) is 0 Å². The molecular formula is C17H19AsN2O9. The molecule has 2 aromatic rings. The maximum absolute atomic E-state index is 10.9. The molecule has 29 heavy (non-hydrogen) atoms. The second-order valence-electron chi connectivity index (χ2n) is 5.61. The molecular weight excluding hydrogens is 451 g/mol. The summed E-state index contributed by atoms with van der Waals surface area (Å²) in [5.74, 6) is -1.26. The molecule has 2 aromatic carbocycles. The zero-order valence-corrected chi connectivity index (χ0v) is 17.3. The quantitative estimate of drug-likeness (QED) is 0.206. The van der Waals surface area contributed by atoms with Crippen LogP contribution in [-0.4, -0.2) is 51.4 Å². The number of anilines is 1. The van der Waals surface area contributed by atoms with Crippen LogP contribution in [0.3, 0.4) is 0 Å². The summed E-state index contributed by atoms with van der Waals surface area (Å²) in [6.45, 7) is 1.29. The van der Waals surface area contributed by atoms with Crippen LogP contribution in [0.5, 0.6) is 5.75 Å². The maximum atomic E-state index is 10.9. The average molecular weight is 470 g/mol. The van der Waals surface area contributed by atoms with Gasteiger partial charge in [-0.2, -0.15) is 0 Å². The van der Waals surface area contributed by atoms with Crippen LogP contribution >= 0.6 is 0 Å². The molecule has 0 aromatic heterocycles. The molecule has 0 spiro atoms. The molecule has 11 nitrogen and oxygen atoms in total. The summed E-state index contributed by atoms with van der Waals surface area (Å²) in [5.41, 5.74) is 0.838. The number of nitrogens with one attached hydrogen (secondary N) is 1. The van der Waals surface area contributed by atoms with E-state index < -0.39 is 35.2 Å². The number of hydrogen-bond acceptors (Lipinski definition) is 7. The van der Waals surface area contributed by atoms with Crippen molar-refractivity contribution >= 4 is 41.8 Å². The summed E-state index contributed by atoms with van der Waals surface area (Å²) in [6, 6.07) is 9.42. The molecule has 0 radical (unpaired) electrons. The summed E-state index contributed by atoms with van der Waals surface area (Å²) >= 11 is -5.09. The van der Waals surface area contributed by atoms with Crippen LogP contribution in [0.4, 0.5) is 11.4 Å². The Labute approximate surface area is 168 Å². The summed E-state index contributed by atoms with van der Waals surface area (Å²) in [5, 5.41) is 22.1. The van der Waals surface area contributed by atoms with Crippen LogP contribution < -0.4 is 9.67 Å². The van der Waals surface area contributed by atoms with Gasteiger partial charge < -0.3 is 4.74 Å². The molecule has 4 N–H and O–H groups in total. The second kappa shape index (κ2) is 10.4. The molecule has 0 aliphatic heterocycles. The van der Waals surface area contributed by atoms with Gasteiger partial charge in [0.1, 0.15) is 0 Å². The van der Waals surface area contributed by atoms with Crippen molar-refractivity contribution in [2.45, 2.75) is 13.3 Å². The van der Waals surface area contributed by atoms with Gasteiger partial charge in [-0.05, 0) is 5.56 Å². The molecule has 0 saturated heterocycles. The second-order valence-corrected chi connectivity index (χ2v) is 8.90. The SMILES string of the molecule is CC(=O)Nc1ccc([As](=O)(O)O)c(O)c1.COC(=O)Cc1cccc([N+](=O)[O-])c1. The number of phenols is 1. The van der Waals surface area contributed by atoms with Crippen molar-refractivity contribution in [2.24, 2.45) is 0 Å². The minimum atomic E-state index is -5.09. The maximum Gasteiger partial charge on any atom is 0.309 e. The molecule has 0 saturated carbocycles. The zero-order chi connectivity index (χ0) is 22.2. The Balaban J connectivity index is 0.000000291. The number of aromatic hydroxyl groups is 1. The first-order chi connectivity index (χ1) is 13.4. The molecule has 0 aliphatic carbocycles. The molecule has 156 valence electrons. The topological polar surface area (TPSA) is 176 Å². The number of rotatable bonds is 5. The van der Waals surface area contributed by atoms with E-state index in [4.69, 9.17) is 8.19 Å². The van der Waals surface area contributed by atoms with E-state index in [0.717, 1.165) is 12.1 Å². The fourth-order valence-electron chi connectivity index (χ4n) is 2.07. The Kier molecular flexibility index (Phi) is 8.58. The fourth-order valence-corrected chi connectivity index (χ4v) is 3.39. The number of carbonyl (C=O) groups excluding carboxylic acids is 2. The summed E-state index contributed by atoms with van der Waals surface area (Å²) in [7, 11) is 1.28. The minimum Gasteiger partial charge on any atom is -0.469 e. The third-order valence-corrected chi connectivity index (χ3v) is 5.42. The molecule has 2 rings (SSSR count). The molecule has 12 heteroatoms. The molecule has 0 atom stereocenters. The third kappa shape index (κ3) is 8.18. The van der Waals surface area contributed by atoms with Crippen LogP contribution in [-0.2, 0) is 24.5 Å². The van der Waals surface area contributed by atoms with E-state index >= 15 is 0 Å². The molecule has 0 heterocycles. The van der Waals surface area contributed by atoms with Crippen LogP contribution in [0.2, 0.25) is 0 Å². The summed E-state index contributed by atoms with van der Waals surface area (Å²) in [6.07, 6.45) is 0.0537. The van der Waals surface area contributed by atoms with Gasteiger partial charge in [0.25, 0.3) is 5.69 Å². The van der Waals surface area contributed by atoms with Gasteiger partial charge in [0.05, 0.1) is 18.5 Å².